The van der Waals surface area contributed by atoms with E-state index < -0.39 is 15.9 Å². The van der Waals surface area contributed by atoms with Crippen LogP contribution in [0.2, 0.25) is 0 Å². The standard InChI is InChI=1S/C20H26N2O5S/c1-14(2)21-20(23)13-22(16-8-11-18(26-4)19(12-16)27-5)28(24,25)17-9-6-15(3)7-10-17/h6-12,14H,13H2,1-5H3,(H,21,23). The van der Waals surface area contributed by atoms with Gasteiger partial charge in [-0.15, -0.1) is 0 Å². The number of sulfonamides is 1. The maximum absolute atomic E-state index is 13.3. The van der Waals surface area contributed by atoms with Crippen LogP contribution in [0.4, 0.5) is 5.69 Å². The van der Waals surface area contributed by atoms with Crippen molar-refractivity contribution in [3.63, 3.8) is 0 Å². The van der Waals surface area contributed by atoms with Crippen molar-refractivity contribution >= 4 is 21.6 Å². The highest BCUT2D eigenvalue weighted by Gasteiger charge is 2.28. The van der Waals surface area contributed by atoms with Gasteiger partial charge in [-0.3, -0.25) is 9.10 Å². The Morgan fingerprint density at radius 1 is 1.04 bits per heavy atom. The van der Waals surface area contributed by atoms with Crippen LogP contribution in [0.5, 0.6) is 11.5 Å². The number of nitrogens with one attached hydrogen (secondary N) is 1. The number of anilines is 1. The summed E-state index contributed by atoms with van der Waals surface area (Å²) in [7, 11) is -1.01. The Morgan fingerprint density at radius 2 is 1.64 bits per heavy atom. The first-order valence-corrected chi connectivity index (χ1v) is 10.2. The molecule has 0 unspecified atom stereocenters. The molecule has 0 heterocycles. The molecule has 1 N–H and O–H groups in total. The van der Waals surface area contributed by atoms with Crippen molar-refractivity contribution in [2.45, 2.75) is 31.7 Å². The lowest BCUT2D eigenvalue weighted by atomic mass is 10.2. The highest BCUT2D eigenvalue weighted by atomic mass is 32.2. The zero-order chi connectivity index (χ0) is 20.9. The summed E-state index contributed by atoms with van der Waals surface area (Å²) in [6.07, 6.45) is 0. The number of rotatable bonds is 8. The first-order chi connectivity index (χ1) is 13.2. The third-order valence-corrected chi connectivity index (χ3v) is 5.79. The molecule has 0 aromatic heterocycles. The molecule has 0 saturated heterocycles. The summed E-state index contributed by atoms with van der Waals surface area (Å²) in [5.41, 5.74) is 1.24. The predicted octanol–water partition coefficient (Wildman–Crippen LogP) is 2.73. The Kier molecular flexibility index (Phi) is 6.90. The molecule has 152 valence electrons. The maximum atomic E-state index is 13.3. The second kappa shape index (κ2) is 8.97. The molecule has 0 aliphatic heterocycles. The number of carbonyl (C=O) groups excluding carboxylic acids is 1. The maximum Gasteiger partial charge on any atom is 0.264 e. The highest BCUT2D eigenvalue weighted by molar-refractivity contribution is 7.92. The first kappa shape index (κ1) is 21.6. The third-order valence-electron chi connectivity index (χ3n) is 4.00. The summed E-state index contributed by atoms with van der Waals surface area (Å²) in [6, 6.07) is 11.1. The molecule has 0 bridgehead atoms. The molecule has 0 spiro atoms. The SMILES string of the molecule is COc1ccc(N(CC(=O)NC(C)C)S(=O)(=O)c2ccc(C)cc2)cc1OC. The van der Waals surface area contributed by atoms with Gasteiger partial charge in [0.15, 0.2) is 11.5 Å². The van der Waals surface area contributed by atoms with Gasteiger partial charge in [0.1, 0.15) is 6.54 Å². The molecular weight excluding hydrogens is 380 g/mol. The Bertz CT molecular complexity index is 924. The number of nitrogens with zero attached hydrogens (tertiary/aromatic N) is 1. The molecule has 7 nitrogen and oxygen atoms in total. The van der Waals surface area contributed by atoms with Crippen LogP contribution in [0.1, 0.15) is 19.4 Å². The van der Waals surface area contributed by atoms with Crippen LogP contribution in [-0.2, 0) is 14.8 Å². The van der Waals surface area contributed by atoms with Crippen molar-refractivity contribution in [3.05, 3.63) is 48.0 Å². The van der Waals surface area contributed by atoms with E-state index in [9.17, 15) is 13.2 Å². The minimum Gasteiger partial charge on any atom is -0.493 e. The topological polar surface area (TPSA) is 84.9 Å². The summed E-state index contributed by atoms with van der Waals surface area (Å²) in [5, 5.41) is 2.73. The number of ether oxygens (including phenoxy) is 2. The van der Waals surface area contributed by atoms with Crippen molar-refractivity contribution in [2.24, 2.45) is 0 Å². The monoisotopic (exact) mass is 406 g/mol. The van der Waals surface area contributed by atoms with Gasteiger partial charge in [-0.25, -0.2) is 8.42 Å². The molecule has 0 atom stereocenters. The third kappa shape index (κ3) is 4.95. The summed E-state index contributed by atoms with van der Waals surface area (Å²) in [5.74, 6) is 0.430. The average Bonchev–Trinajstić information content (AvgIpc) is 2.65. The molecule has 2 aromatic rings. The van der Waals surface area contributed by atoms with E-state index in [0.717, 1.165) is 9.87 Å². The molecule has 28 heavy (non-hydrogen) atoms. The molecule has 0 fully saturated rings. The smallest absolute Gasteiger partial charge is 0.264 e. The minimum atomic E-state index is -3.97. The summed E-state index contributed by atoms with van der Waals surface area (Å²) in [6.45, 7) is 5.14. The van der Waals surface area contributed by atoms with E-state index in [1.165, 1.54) is 32.4 Å². The Morgan fingerprint density at radius 3 is 2.18 bits per heavy atom. The number of aryl methyl sites for hydroxylation is 1. The lowest BCUT2D eigenvalue weighted by molar-refractivity contribution is -0.120. The summed E-state index contributed by atoms with van der Waals surface area (Å²) >= 11 is 0. The number of benzene rings is 2. The largest absolute Gasteiger partial charge is 0.493 e. The molecule has 1 amide bonds. The van der Waals surface area contributed by atoms with Crippen LogP contribution in [0.25, 0.3) is 0 Å². The lowest BCUT2D eigenvalue weighted by Crippen LogP contribution is -2.42. The van der Waals surface area contributed by atoms with Gasteiger partial charge >= 0.3 is 0 Å². The van der Waals surface area contributed by atoms with E-state index in [4.69, 9.17) is 9.47 Å². The number of carbonyl (C=O) groups is 1. The number of amides is 1. The van der Waals surface area contributed by atoms with Gasteiger partial charge in [0.05, 0.1) is 24.8 Å². The van der Waals surface area contributed by atoms with Crippen LogP contribution in [0, 0.1) is 6.92 Å². The van der Waals surface area contributed by atoms with Crippen molar-refractivity contribution in [1.29, 1.82) is 0 Å². The van der Waals surface area contributed by atoms with Gasteiger partial charge in [-0.2, -0.15) is 0 Å². The first-order valence-electron chi connectivity index (χ1n) is 8.80. The quantitative estimate of drug-likeness (QED) is 0.729. The van der Waals surface area contributed by atoms with Crippen LogP contribution in [0.3, 0.4) is 0 Å². The Hall–Kier alpha value is -2.74. The van der Waals surface area contributed by atoms with E-state index >= 15 is 0 Å². The van der Waals surface area contributed by atoms with Crippen LogP contribution in [0.15, 0.2) is 47.4 Å². The van der Waals surface area contributed by atoms with Crippen molar-refractivity contribution < 1.29 is 22.7 Å². The minimum absolute atomic E-state index is 0.102. The Balaban J connectivity index is 2.53. The molecule has 0 saturated carbocycles. The molecule has 0 aliphatic carbocycles. The van der Waals surface area contributed by atoms with E-state index in [-0.39, 0.29) is 17.5 Å². The van der Waals surface area contributed by atoms with Crippen LogP contribution >= 0.6 is 0 Å². The van der Waals surface area contributed by atoms with Crippen LogP contribution < -0.4 is 19.1 Å². The van der Waals surface area contributed by atoms with E-state index in [1.54, 1.807) is 24.3 Å². The van der Waals surface area contributed by atoms with Crippen molar-refractivity contribution in [1.82, 2.24) is 5.32 Å². The van der Waals surface area contributed by atoms with Crippen molar-refractivity contribution in [3.8, 4) is 11.5 Å². The number of hydrogen-bond acceptors (Lipinski definition) is 5. The molecular formula is C20H26N2O5S. The van der Waals surface area contributed by atoms with Crippen LogP contribution in [-0.4, -0.2) is 41.1 Å². The summed E-state index contributed by atoms with van der Waals surface area (Å²) in [4.78, 5) is 12.5. The molecule has 8 heteroatoms. The fourth-order valence-corrected chi connectivity index (χ4v) is 4.04. The normalized spacial score (nSPS) is 11.2. The number of methoxy groups -OCH3 is 2. The number of hydrogen-bond donors (Lipinski definition) is 1. The molecule has 2 aromatic carbocycles. The lowest BCUT2D eigenvalue weighted by Gasteiger charge is -2.25. The van der Waals surface area contributed by atoms with E-state index in [0.29, 0.717) is 17.2 Å². The van der Waals surface area contributed by atoms with Gasteiger partial charge in [0.25, 0.3) is 10.0 Å². The zero-order valence-electron chi connectivity index (χ0n) is 16.7. The fourth-order valence-electron chi connectivity index (χ4n) is 2.63. The van der Waals surface area contributed by atoms with E-state index in [2.05, 4.69) is 5.32 Å². The summed E-state index contributed by atoms with van der Waals surface area (Å²) < 4.78 is 38.2. The highest BCUT2D eigenvalue weighted by Crippen LogP contribution is 2.33. The second-order valence-electron chi connectivity index (χ2n) is 6.59. The van der Waals surface area contributed by atoms with Gasteiger partial charge in [-0.05, 0) is 45.0 Å². The van der Waals surface area contributed by atoms with Gasteiger partial charge in [-0.1, -0.05) is 17.7 Å². The molecule has 0 aliphatic rings. The van der Waals surface area contributed by atoms with Gasteiger partial charge in [0.2, 0.25) is 5.91 Å². The van der Waals surface area contributed by atoms with Gasteiger partial charge < -0.3 is 14.8 Å². The Labute approximate surface area is 166 Å². The fraction of sp³-hybridized carbons (Fsp3) is 0.350. The molecule has 2 rings (SSSR count). The van der Waals surface area contributed by atoms with Crippen molar-refractivity contribution in [2.75, 3.05) is 25.1 Å². The predicted molar refractivity (Wildman–Crippen MR) is 109 cm³/mol. The van der Waals surface area contributed by atoms with Gasteiger partial charge in [0, 0.05) is 12.1 Å². The average molecular weight is 407 g/mol. The van der Waals surface area contributed by atoms with E-state index in [1.807, 2.05) is 20.8 Å². The molecule has 0 radical (unpaired) electrons. The second-order valence-corrected chi connectivity index (χ2v) is 8.45. The zero-order valence-corrected chi connectivity index (χ0v) is 17.5.